The Kier molecular flexibility index (Phi) is 7.84. The van der Waals surface area contributed by atoms with E-state index < -0.39 is 0 Å². The fourth-order valence-corrected chi connectivity index (χ4v) is 5.46. The number of hydrogen-bond donors (Lipinski definition) is 1. The average molecular weight is 487 g/mol. The van der Waals surface area contributed by atoms with Gasteiger partial charge in [0.15, 0.2) is 0 Å². The van der Waals surface area contributed by atoms with Gasteiger partial charge in [-0.2, -0.15) is 11.8 Å². The number of benzene rings is 2. The molecule has 2 aromatic carbocycles. The SMILES string of the molecule is O=C(NCCSCc1ccco1)c1ccc([C@H]2SCC(=O)N2Cc2ccc(Cl)cc2)cc1. The first-order valence-corrected chi connectivity index (χ1v) is 12.8. The highest BCUT2D eigenvalue weighted by Gasteiger charge is 2.32. The highest BCUT2D eigenvalue weighted by molar-refractivity contribution is 8.00. The molecular formula is C24H23ClN2O3S2. The fourth-order valence-electron chi connectivity index (χ4n) is 3.39. The predicted molar refractivity (Wildman–Crippen MR) is 131 cm³/mol. The van der Waals surface area contributed by atoms with E-state index in [1.165, 1.54) is 0 Å². The molecule has 1 fully saturated rings. The van der Waals surface area contributed by atoms with E-state index in [4.69, 9.17) is 16.0 Å². The van der Waals surface area contributed by atoms with E-state index in [0.717, 1.165) is 28.4 Å². The third-order valence-electron chi connectivity index (χ3n) is 5.05. The van der Waals surface area contributed by atoms with Crippen LogP contribution in [0.15, 0.2) is 71.3 Å². The summed E-state index contributed by atoms with van der Waals surface area (Å²) in [5, 5.41) is 3.57. The van der Waals surface area contributed by atoms with Crippen molar-refractivity contribution in [1.82, 2.24) is 10.2 Å². The number of thioether (sulfide) groups is 2. The van der Waals surface area contributed by atoms with Gasteiger partial charge in [0, 0.05) is 29.4 Å². The van der Waals surface area contributed by atoms with Crippen molar-refractivity contribution in [3.8, 4) is 0 Å². The number of nitrogens with zero attached hydrogens (tertiary/aromatic N) is 1. The molecule has 0 saturated carbocycles. The zero-order valence-electron chi connectivity index (χ0n) is 17.3. The number of hydrogen-bond acceptors (Lipinski definition) is 5. The van der Waals surface area contributed by atoms with E-state index in [9.17, 15) is 9.59 Å². The zero-order chi connectivity index (χ0) is 22.3. The van der Waals surface area contributed by atoms with E-state index >= 15 is 0 Å². The standard InChI is InChI=1S/C24H23ClN2O3S2/c25-20-9-3-17(4-10-20)14-27-22(28)16-32-24(27)19-7-5-18(6-8-19)23(29)26-11-13-31-15-21-2-1-12-30-21/h1-10,12,24H,11,13-16H2,(H,26,29)/t24-/m1/s1. The van der Waals surface area contributed by atoms with Crippen LogP contribution in [0.25, 0.3) is 0 Å². The second-order valence-corrected chi connectivity index (χ2v) is 9.93. The number of amides is 2. The van der Waals surface area contributed by atoms with Gasteiger partial charge in [-0.05, 0) is 47.5 Å². The number of carbonyl (C=O) groups excluding carboxylic acids is 2. The summed E-state index contributed by atoms with van der Waals surface area (Å²) in [6.07, 6.45) is 1.66. The Morgan fingerprint density at radius 2 is 1.94 bits per heavy atom. The molecule has 4 rings (SSSR count). The van der Waals surface area contributed by atoms with Crippen molar-refractivity contribution in [3.63, 3.8) is 0 Å². The van der Waals surface area contributed by atoms with Crippen LogP contribution in [0.2, 0.25) is 5.02 Å². The summed E-state index contributed by atoms with van der Waals surface area (Å²) in [5.74, 6) is 3.01. The van der Waals surface area contributed by atoms with E-state index in [0.29, 0.717) is 29.4 Å². The number of halogens is 1. The Bertz CT molecular complexity index is 1040. The Balaban J connectivity index is 1.30. The molecule has 1 aliphatic rings. The first-order chi connectivity index (χ1) is 15.6. The molecule has 0 radical (unpaired) electrons. The quantitative estimate of drug-likeness (QED) is 0.412. The van der Waals surface area contributed by atoms with Gasteiger partial charge in [-0.25, -0.2) is 0 Å². The molecule has 5 nitrogen and oxygen atoms in total. The molecule has 166 valence electrons. The van der Waals surface area contributed by atoms with Gasteiger partial charge in [-0.15, -0.1) is 11.8 Å². The maximum atomic E-state index is 12.5. The second kappa shape index (κ2) is 11.0. The predicted octanol–water partition coefficient (Wildman–Crippen LogP) is 5.37. The lowest BCUT2D eigenvalue weighted by molar-refractivity contribution is -0.128. The van der Waals surface area contributed by atoms with Gasteiger partial charge in [-0.3, -0.25) is 9.59 Å². The third-order valence-corrected chi connectivity index (χ3v) is 7.54. The molecular weight excluding hydrogens is 464 g/mol. The van der Waals surface area contributed by atoms with Crippen molar-refractivity contribution in [3.05, 3.63) is 94.4 Å². The van der Waals surface area contributed by atoms with Crippen LogP contribution < -0.4 is 5.32 Å². The summed E-state index contributed by atoms with van der Waals surface area (Å²) in [6, 6.07) is 18.9. The molecule has 1 N–H and O–H groups in total. The Hall–Kier alpha value is -2.35. The third kappa shape index (κ3) is 5.91. The van der Waals surface area contributed by atoms with Crippen LogP contribution >= 0.6 is 35.1 Å². The Morgan fingerprint density at radius 1 is 1.16 bits per heavy atom. The second-order valence-electron chi connectivity index (χ2n) is 7.32. The van der Waals surface area contributed by atoms with Crippen LogP contribution in [0.3, 0.4) is 0 Å². The van der Waals surface area contributed by atoms with Crippen LogP contribution in [0.1, 0.15) is 32.6 Å². The monoisotopic (exact) mass is 486 g/mol. The van der Waals surface area contributed by atoms with E-state index in [-0.39, 0.29) is 17.2 Å². The lowest BCUT2D eigenvalue weighted by Gasteiger charge is -2.24. The highest BCUT2D eigenvalue weighted by atomic mass is 35.5. The molecule has 1 aliphatic heterocycles. The fraction of sp³-hybridized carbons (Fsp3) is 0.250. The van der Waals surface area contributed by atoms with Gasteiger partial charge in [0.1, 0.15) is 11.1 Å². The smallest absolute Gasteiger partial charge is 0.251 e. The molecule has 1 aromatic heterocycles. The lowest BCUT2D eigenvalue weighted by Crippen LogP contribution is -2.28. The number of furan rings is 1. The molecule has 0 aliphatic carbocycles. The largest absolute Gasteiger partial charge is 0.468 e. The summed E-state index contributed by atoms with van der Waals surface area (Å²) in [4.78, 5) is 26.8. The molecule has 3 aromatic rings. The van der Waals surface area contributed by atoms with E-state index in [1.807, 2.05) is 65.6 Å². The van der Waals surface area contributed by atoms with Crippen molar-refractivity contribution in [2.24, 2.45) is 0 Å². The normalized spacial score (nSPS) is 15.8. The molecule has 1 atom stereocenters. The van der Waals surface area contributed by atoms with Gasteiger partial charge < -0.3 is 14.6 Å². The summed E-state index contributed by atoms with van der Waals surface area (Å²) >= 11 is 9.29. The van der Waals surface area contributed by atoms with E-state index in [1.54, 1.807) is 29.8 Å². The minimum absolute atomic E-state index is 0.0618. The van der Waals surface area contributed by atoms with Gasteiger partial charge >= 0.3 is 0 Å². The van der Waals surface area contributed by atoms with Crippen LogP contribution in [0, 0.1) is 0 Å². The van der Waals surface area contributed by atoms with Crippen LogP contribution in [-0.2, 0) is 17.1 Å². The minimum Gasteiger partial charge on any atom is -0.468 e. The summed E-state index contributed by atoms with van der Waals surface area (Å²) in [5.41, 5.74) is 2.67. The molecule has 8 heteroatoms. The van der Waals surface area contributed by atoms with Gasteiger partial charge in [0.2, 0.25) is 5.91 Å². The topological polar surface area (TPSA) is 62.6 Å². The van der Waals surface area contributed by atoms with E-state index in [2.05, 4.69) is 5.32 Å². The van der Waals surface area contributed by atoms with Gasteiger partial charge in [0.05, 0.1) is 17.8 Å². The van der Waals surface area contributed by atoms with Crippen molar-refractivity contribution in [1.29, 1.82) is 0 Å². The Labute approximate surface area is 200 Å². The summed E-state index contributed by atoms with van der Waals surface area (Å²) < 4.78 is 5.30. The lowest BCUT2D eigenvalue weighted by atomic mass is 10.1. The van der Waals surface area contributed by atoms with Gasteiger partial charge in [0.25, 0.3) is 5.91 Å². The molecule has 0 unspecified atom stereocenters. The van der Waals surface area contributed by atoms with Crippen molar-refractivity contribution in [2.45, 2.75) is 17.7 Å². The molecule has 0 spiro atoms. The molecule has 0 bridgehead atoms. The molecule has 2 heterocycles. The highest BCUT2D eigenvalue weighted by Crippen LogP contribution is 2.39. The average Bonchev–Trinajstić information content (AvgIpc) is 3.45. The number of rotatable bonds is 9. The summed E-state index contributed by atoms with van der Waals surface area (Å²) in [7, 11) is 0. The Morgan fingerprint density at radius 3 is 2.66 bits per heavy atom. The maximum absolute atomic E-state index is 12.5. The van der Waals surface area contributed by atoms with Crippen molar-refractivity contribution >= 4 is 46.9 Å². The van der Waals surface area contributed by atoms with Crippen molar-refractivity contribution in [2.75, 3.05) is 18.1 Å². The number of carbonyl (C=O) groups is 2. The number of nitrogens with one attached hydrogen (secondary N) is 1. The maximum Gasteiger partial charge on any atom is 0.251 e. The minimum atomic E-state index is -0.0941. The van der Waals surface area contributed by atoms with Crippen molar-refractivity contribution < 1.29 is 14.0 Å². The van der Waals surface area contributed by atoms with Crippen LogP contribution in [0.4, 0.5) is 0 Å². The summed E-state index contributed by atoms with van der Waals surface area (Å²) in [6.45, 7) is 1.12. The first kappa shape index (κ1) is 22.8. The first-order valence-electron chi connectivity index (χ1n) is 10.2. The van der Waals surface area contributed by atoms with Gasteiger partial charge in [-0.1, -0.05) is 35.9 Å². The molecule has 2 amide bonds. The molecule has 32 heavy (non-hydrogen) atoms. The van der Waals surface area contributed by atoms with Crippen LogP contribution in [-0.4, -0.2) is 34.8 Å². The van der Waals surface area contributed by atoms with Crippen LogP contribution in [0.5, 0.6) is 0 Å². The molecule has 1 saturated heterocycles. The zero-order valence-corrected chi connectivity index (χ0v) is 19.7.